The fraction of sp³-hybridized carbons (Fsp3) is 0.333. The second kappa shape index (κ2) is 5.73. The Balaban J connectivity index is 1.65. The highest BCUT2D eigenvalue weighted by Crippen LogP contribution is 2.22. The molecule has 5 heteroatoms. The van der Waals surface area contributed by atoms with E-state index in [1.165, 1.54) is 4.88 Å². The zero-order valence-corrected chi connectivity index (χ0v) is 12.2. The maximum absolute atomic E-state index is 12.0. The summed E-state index contributed by atoms with van der Waals surface area (Å²) in [5, 5.41) is 7.15. The molecule has 2 N–H and O–H groups in total. The molecule has 0 unspecified atom stereocenters. The molecule has 0 atom stereocenters. The Hall–Kier alpha value is -1.72. The molecule has 0 bridgehead atoms. The number of hydrogen-bond acceptors (Lipinski definition) is 4. The highest BCUT2D eigenvalue weighted by Gasteiger charge is 2.16. The van der Waals surface area contributed by atoms with Crippen molar-refractivity contribution in [3.8, 4) is 0 Å². The highest BCUT2D eigenvalue weighted by molar-refractivity contribution is 7.11. The molecule has 1 aliphatic rings. The van der Waals surface area contributed by atoms with Crippen molar-refractivity contribution < 1.29 is 4.79 Å². The number of hydrogen-bond donors (Lipinski definition) is 2. The van der Waals surface area contributed by atoms with E-state index < -0.39 is 0 Å². The predicted octanol–water partition coefficient (Wildman–Crippen LogP) is 2.28. The number of carbonyl (C=O) groups excluding carboxylic acids is 1. The molecule has 1 aromatic carbocycles. The third kappa shape index (κ3) is 3.05. The van der Waals surface area contributed by atoms with Crippen molar-refractivity contribution in [2.75, 3.05) is 11.9 Å². The summed E-state index contributed by atoms with van der Waals surface area (Å²) in [6.07, 6.45) is 1.32. The molecule has 104 valence electrons. The fourth-order valence-corrected chi connectivity index (χ4v) is 3.40. The van der Waals surface area contributed by atoms with Crippen LogP contribution >= 0.6 is 11.3 Å². The lowest BCUT2D eigenvalue weighted by Crippen LogP contribution is -2.22. The molecular formula is C15H17N3OS. The number of rotatable bonds is 3. The Morgan fingerprint density at radius 1 is 1.50 bits per heavy atom. The van der Waals surface area contributed by atoms with Crippen LogP contribution in [0.25, 0.3) is 0 Å². The zero-order valence-electron chi connectivity index (χ0n) is 11.4. The van der Waals surface area contributed by atoms with Gasteiger partial charge in [-0.15, -0.1) is 11.3 Å². The summed E-state index contributed by atoms with van der Waals surface area (Å²) in [5.41, 5.74) is 3.14. The maximum Gasteiger partial charge on any atom is 0.231 e. The van der Waals surface area contributed by atoms with Crippen molar-refractivity contribution in [2.24, 2.45) is 0 Å². The van der Waals surface area contributed by atoms with E-state index in [-0.39, 0.29) is 5.91 Å². The molecule has 0 spiro atoms. The van der Waals surface area contributed by atoms with Crippen LogP contribution in [0.4, 0.5) is 5.69 Å². The number of carbonyl (C=O) groups is 1. The van der Waals surface area contributed by atoms with E-state index in [9.17, 15) is 4.79 Å². The third-order valence-electron chi connectivity index (χ3n) is 3.26. The van der Waals surface area contributed by atoms with E-state index in [1.54, 1.807) is 11.3 Å². The zero-order chi connectivity index (χ0) is 13.9. The first kappa shape index (κ1) is 13.3. The highest BCUT2D eigenvalue weighted by atomic mass is 32.1. The third-order valence-corrected chi connectivity index (χ3v) is 4.36. The average Bonchev–Trinajstić information content (AvgIpc) is 2.80. The van der Waals surface area contributed by atoms with Gasteiger partial charge < -0.3 is 10.6 Å². The summed E-state index contributed by atoms with van der Waals surface area (Å²) in [6, 6.07) is 7.83. The van der Waals surface area contributed by atoms with E-state index in [4.69, 9.17) is 0 Å². The van der Waals surface area contributed by atoms with Gasteiger partial charge in [-0.1, -0.05) is 12.1 Å². The number of thiazole rings is 1. The minimum absolute atomic E-state index is 0.00495. The van der Waals surface area contributed by atoms with Crippen LogP contribution in [-0.4, -0.2) is 17.4 Å². The molecule has 2 heterocycles. The molecule has 0 aliphatic carbocycles. The molecule has 4 nitrogen and oxygen atoms in total. The summed E-state index contributed by atoms with van der Waals surface area (Å²) >= 11 is 1.64. The van der Waals surface area contributed by atoms with Gasteiger partial charge in [0.25, 0.3) is 0 Å². The number of aryl methyl sites for hydroxylation is 1. The second-order valence-electron chi connectivity index (χ2n) is 5.00. The van der Waals surface area contributed by atoms with Gasteiger partial charge in [-0.3, -0.25) is 4.79 Å². The van der Waals surface area contributed by atoms with Gasteiger partial charge in [-0.05, 0) is 24.6 Å². The van der Waals surface area contributed by atoms with Gasteiger partial charge in [-0.25, -0.2) is 4.98 Å². The first-order chi connectivity index (χ1) is 9.70. The van der Waals surface area contributed by atoms with Gasteiger partial charge in [0.15, 0.2) is 0 Å². The van der Waals surface area contributed by atoms with Crippen LogP contribution in [0.5, 0.6) is 0 Å². The average molecular weight is 287 g/mol. The van der Waals surface area contributed by atoms with Crippen LogP contribution in [0, 0.1) is 6.92 Å². The number of aromatic nitrogens is 1. The van der Waals surface area contributed by atoms with E-state index in [0.717, 1.165) is 41.5 Å². The van der Waals surface area contributed by atoms with E-state index in [1.807, 2.05) is 31.2 Å². The molecule has 0 saturated carbocycles. The van der Waals surface area contributed by atoms with Gasteiger partial charge in [0, 0.05) is 30.1 Å². The fourth-order valence-electron chi connectivity index (χ4n) is 2.32. The Labute approximate surface area is 122 Å². The Morgan fingerprint density at radius 2 is 2.40 bits per heavy atom. The minimum atomic E-state index is -0.00495. The second-order valence-corrected chi connectivity index (χ2v) is 6.17. The van der Waals surface area contributed by atoms with Crippen molar-refractivity contribution >= 4 is 22.9 Å². The van der Waals surface area contributed by atoms with Crippen LogP contribution in [0.15, 0.2) is 24.3 Å². The number of nitrogens with zero attached hydrogens (tertiary/aromatic N) is 1. The Kier molecular flexibility index (Phi) is 3.80. The molecule has 20 heavy (non-hydrogen) atoms. The normalized spacial score (nSPS) is 13.8. The van der Waals surface area contributed by atoms with Gasteiger partial charge in [0.2, 0.25) is 5.91 Å². The van der Waals surface area contributed by atoms with Crippen LogP contribution in [0.3, 0.4) is 0 Å². The van der Waals surface area contributed by atoms with Crippen molar-refractivity contribution in [1.82, 2.24) is 10.3 Å². The van der Waals surface area contributed by atoms with Crippen LogP contribution in [0.2, 0.25) is 0 Å². The summed E-state index contributed by atoms with van der Waals surface area (Å²) in [7, 11) is 0. The van der Waals surface area contributed by atoms with E-state index >= 15 is 0 Å². The SMILES string of the molecule is Cc1cccc(NC(=O)Cc2nc3c(s2)CNCC3)c1. The number of anilines is 1. The summed E-state index contributed by atoms with van der Waals surface area (Å²) in [5.74, 6) is -0.00495. The first-order valence-electron chi connectivity index (χ1n) is 6.75. The maximum atomic E-state index is 12.0. The standard InChI is InChI=1S/C15H17N3OS/c1-10-3-2-4-11(7-10)17-14(19)8-15-18-12-5-6-16-9-13(12)20-15/h2-4,7,16H,5-6,8-9H2,1H3,(H,17,19). The summed E-state index contributed by atoms with van der Waals surface area (Å²) in [4.78, 5) is 17.9. The summed E-state index contributed by atoms with van der Waals surface area (Å²) in [6.45, 7) is 3.87. The number of amides is 1. The van der Waals surface area contributed by atoms with Gasteiger partial charge in [0.05, 0.1) is 12.1 Å². The smallest absolute Gasteiger partial charge is 0.231 e. The van der Waals surface area contributed by atoms with Crippen LogP contribution in [-0.2, 0) is 24.2 Å². The molecule has 0 radical (unpaired) electrons. The lowest BCUT2D eigenvalue weighted by atomic mass is 10.2. The quantitative estimate of drug-likeness (QED) is 0.910. The Morgan fingerprint density at radius 3 is 3.20 bits per heavy atom. The molecule has 0 fully saturated rings. The van der Waals surface area contributed by atoms with Crippen molar-refractivity contribution in [3.05, 3.63) is 45.4 Å². The van der Waals surface area contributed by atoms with Gasteiger partial charge in [-0.2, -0.15) is 0 Å². The number of nitrogens with one attached hydrogen (secondary N) is 2. The lowest BCUT2D eigenvalue weighted by molar-refractivity contribution is -0.115. The largest absolute Gasteiger partial charge is 0.326 e. The van der Waals surface area contributed by atoms with Crippen LogP contribution in [0.1, 0.15) is 21.1 Å². The number of fused-ring (bicyclic) bond motifs is 1. The monoisotopic (exact) mass is 287 g/mol. The molecule has 1 amide bonds. The molecular weight excluding hydrogens is 270 g/mol. The lowest BCUT2D eigenvalue weighted by Gasteiger charge is -2.09. The van der Waals surface area contributed by atoms with Gasteiger partial charge >= 0.3 is 0 Å². The minimum Gasteiger partial charge on any atom is -0.326 e. The predicted molar refractivity (Wildman–Crippen MR) is 81.0 cm³/mol. The molecule has 0 saturated heterocycles. The topological polar surface area (TPSA) is 54.0 Å². The molecule has 1 aliphatic heterocycles. The first-order valence-corrected chi connectivity index (χ1v) is 7.57. The van der Waals surface area contributed by atoms with Crippen molar-refractivity contribution in [3.63, 3.8) is 0 Å². The summed E-state index contributed by atoms with van der Waals surface area (Å²) < 4.78 is 0. The van der Waals surface area contributed by atoms with Crippen LogP contribution < -0.4 is 10.6 Å². The molecule has 1 aromatic heterocycles. The van der Waals surface area contributed by atoms with E-state index in [0.29, 0.717) is 6.42 Å². The molecule has 3 rings (SSSR count). The van der Waals surface area contributed by atoms with Crippen molar-refractivity contribution in [1.29, 1.82) is 0 Å². The van der Waals surface area contributed by atoms with E-state index in [2.05, 4.69) is 15.6 Å². The van der Waals surface area contributed by atoms with Gasteiger partial charge in [0.1, 0.15) is 5.01 Å². The molecule has 2 aromatic rings. The number of benzene rings is 1. The Bertz CT molecular complexity index is 612. The van der Waals surface area contributed by atoms with Crippen molar-refractivity contribution in [2.45, 2.75) is 26.3 Å².